The summed E-state index contributed by atoms with van der Waals surface area (Å²) < 4.78 is 6.12. The van der Waals surface area contributed by atoms with Crippen LogP contribution in [0.3, 0.4) is 0 Å². The number of nitrogens with zero attached hydrogens (tertiary/aromatic N) is 2. The lowest BCUT2D eigenvalue weighted by atomic mass is 10.2. The lowest BCUT2D eigenvalue weighted by molar-refractivity contribution is 0.485. The Kier molecular flexibility index (Phi) is 9.70. The average molecular weight is 625 g/mol. The van der Waals surface area contributed by atoms with Crippen molar-refractivity contribution in [3.63, 3.8) is 0 Å². The van der Waals surface area contributed by atoms with E-state index in [1.54, 1.807) is 24.4 Å². The molecule has 10 heteroatoms. The number of rotatable bonds is 9. The fourth-order valence-electron chi connectivity index (χ4n) is 4.01. The van der Waals surface area contributed by atoms with Gasteiger partial charge in [-0.15, -0.1) is 0 Å². The summed E-state index contributed by atoms with van der Waals surface area (Å²) in [7, 11) is 0. The van der Waals surface area contributed by atoms with Gasteiger partial charge in [-0.1, -0.05) is 58.5 Å². The van der Waals surface area contributed by atoms with E-state index < -0.39 is 0 Å². The minimum absolute atomic E-state index is 0.453. The molecule has 0 fully saturated rings. The Hall–Kier alpha value is -3.68. The van der Waals surface area contributed by atoms with Crippen LogP contribution in [0.5, 0.6) is 11.5 Å². The van der Waals surface area contributed by atoms with Crippen molar-refractivity contribution in [3.8, 4) is 11.5 Å². The summed E-state index contributed by atoms with van der Waals surface area (Å²) in [6, 6.07) is 27.7. The molecule has 5 aromatic rings. The third-order valence-electron chi connectivity index (χ3n) is 5.99. The number of aliphatic imine (C=N–C) groups is 1. The molecular formula is C31H25Cl4N5O. The van der Waals surface area contributed by atoms with Crippen LogP contribution in [-0.4, -0.2) is 24.0 Å². The lowest BCUT2D eigenvalue weighted by Crippen LogP contribution is -2.23. The highest BCUT2D eigenvalue weighted by Gasteiger charge is 2.11. The van der Waals surface area contributed by atoms with Gasteiger partial charge in [0.25, 0.3) is 0 Å². The zero-order chi connectivity index (χ0) is 28.6. The van der Waals surface area contributed by atoms with E-state index in [0.717, 1.165) is 28.7 Å². The van der Waals surface area contributed by atoms with Crippen molar-refractivity contribution in [2.75, 3.05) is 29.0 Å². The Morgan fingerprint density at radius 2 is 1.49 bits per heavy atom. The van der Waals surface area contributed by atoms with Gasteiger partial charge in [-0.05, 0) is 79.2 Å². The van der Waals surface area contributed by atoms with Crippen LogP contribution in [0.1, 0.15) is 6.42 Å². The van der Waals surface area contributed by atoms with Crippen LogP contribution in [-0.2, 0) is 0 Å². The number of para-hydroxylation sites is 2. The minimum Gasteiger partial charge on any atom is -0.454 e. The van der Waals surface area contributed by atoms with Gasteiger partial charge in [0.15, 0.2) is 11.7 Å². The maximum absolute atomic E-state index is 6.34. The predicted molar refractivity (Wildman–Crippen MR) is 174 cm³/mol. The van der Waals surface area contributed by atoms with Crippen LogP contribution < -0.4 is 20.7 Å². The number of benzene rings is 4. The van der Waals surface area contributed by atoms with Crippen molar-refractivity contribution in [1.29, 1.82) is 0 Å². The van der Waals surface area contributed by atoms with E-state index in [9.17, 15) is 0 Å². The fraction of sp³-hybridized carbons (Fsp3) is 0.0968. The second kappa shape index (κ2) is 13.8. The minimum atomic E-state index is 0.453. The van der Waals surface area contributed by atoms with E-state index in [4.69, 9.17) is 56.1 Å². The molecular weight excluding hydrogens is 600 g/mol. The molecule has 0 radical (unpaired) electrons. The summed E-state index contributed by atoms with van der Waals surface area (Å²) in [6.45, 7) is 1.26. The van der Waals surface area contributed by atoms with Crippen LogP contribution in [0.2, 0.25) is 20.1 Å². The van der Waals surface area contributed by atoms with Crippen molar-refractivity contribution in [2.45, 2.75) is 6.42 Å². The number of halogens is 4. The molecule has 6 nitrogen and oxygen atoms in total. The number of hydrogen-bond donors (Lipinski definition) is 3. The largest absolute Gasteiger partial charge is 0.454 e. The molecule has 0 unspecified atom stereocenters. The highest BCUT2D eigenvalue weighted by Crippen LogP contribution is 2.35. The van der Waals surface area contributed by atoms with E-state index in [-0.39, 0.29) is 0 Å². The van der Waals surface area contributed by atoms with Crippen molar-refractivity contribution in [3.05, 3.63) is 117 Å². The highest BCUT2D eigenvalue weighted by atomic mass is 35.5. The van der Waals surface area contributed by atoms with Gasteiger partial charge in [-0.2, -0.15) is 0 Å². The molecule has 3 N–H and O–H groups in total. The summed E-state index contributed by atoms with van der Waals surface area (Å²) in [6.07, 6.45) is 2.55. The zero-order valence-electron chi connectivity index (χ0n) is 21.7. The molecule has 208 valence electrons. The van der Waals surface area contributed by atoms with Crippen LogP contribution in [0.4, 0.5) is 17.1 Å². The molecule has 1 heterocycles. The first-order valence-electron chi connectivity index (χ1n) is 12.8. The van der Waals surface area contributed by atoms with E-state index in [0.29, 0.717) is 56.3 Å². The van der Waals surface area contributed by atoms with Crippen LogP contribution in [0.25, 0.3) is 10.9 Å². The number of nitrogens with one attached hydrogen (secondary N) is 3. The Morgan fingerprint density at radius 1 is 0.732 bits per heavy atom. The molecule has 0 aliphatic heterocycles. The predicted octanol–water partition coefficient (Wildman–Crippen LogP) is 10.0. The molecule has 0 aliphatic rings. The number of ether oxygens (including phenoxy) is 1. The Labute approximate surface area is 258 Å². The fourth-order valence-corrected chi connectivity index (χ4v) is 4.62. The summed E-state index contributed by atoms with van der Waals surface area (Å²) in [5, 5.41) is 13.5. The number of fused-ring (bicyclic) bond motifs is 1. The lowest BCUT2D eigenvalue weighted by Gasteiger charge is -2.17. The number of pyridine rings is 1. The van der Waals surface area contributed by atoms with Crippen LogP contribution in [0, 0.1) is 0 Å². The third-order valence-corrected chi connectivity index (χ3v) is 7.02. The number of guanidine groups is 1. The average Bonchev–Trinajstić information content (AvgIpc) is 2.96. The standard InChI is InChI=1S/C31H25Cl4N5O/c32-20-6-10-23(11-7-20)39-31(38-16-3-15-36-26-14-17-37-28-18-21(33)8-12-24(26)28)40-27-4-1-2-5-29(27)41-30-19-22(34)9-13-25(30)35/h1-2,4-14,17-19H,3,15-16H2,(H,36,37)(H2,38,39,40). The maximum Gasteiger partial charge on any atom is 0.200 e. The molecule has 0 spiro atoms. The van der Waals surface area contributed by atoms with Gasteiger partial charge in [-0.25, -0.2) is 0 Å². The summed E-state index contributed by atoms with van der Waals surface area (Å²) in [5.41, 5.74) is 3.37. The van der Waals surface area contributed by atoms with Crippen molar-refractivity contribution in [1.82, 2.24) is 4.98 Å². The second-order valence-electron chi connectivity index (χ2n) is 8.96. The molecule has 0 bridgehead atoms. The number of aromatic nitrogens is 1. The van der Waals surface area contributed by atoms with Crippen LogP contribution >= 0.6 is 46.4 Å². The Bertz CT molecular complexity index is 1680. The molecule has 1 aromatic heterocycles. The first kappa shape index (κ1) is 28.8. The third kappa shape index (κ3) is 7.96. The second-order valence-corrected chi connectivity index (χ2v) is 10.7. The Morgan fingerprint density at radius 3 is 2.34 bits per heavy atom. The van der Waals surface area contributed by atoms with Gasteiger partial charge >= 0.3 is 0 Å². The monoisotopic (exact) mass is 623 g/mol. The molecule has 0 saturated heterocycles. The van der Waals surface area contributed by atoms with Gasteiger partial charge in [0.05, 0.1) is 16.2 Å². The molecule has 4 aromatic carbocycles. The molecule has 5 rings (SSSR count). The van der Waals surface area contributed by atoms with Gasteiger partial charge in [0, 0.05) is 57.2 Å². The normalized spacial score (nSPS) is 11.4. The van der Waals surface area contributed by atoms with Crippen molar-refractivity contribution >= 4 is 80.3 Å². The van der Waals surface area contributed by atoms with Gasteiger partial charge in [0.1, 0.15) is 5.75 Å². The first-order valence-corrected chi connectivity index (χ1v) is 14.3. The molecule has 0 atom stereocenters. The summed E-state index contributed by atoms with van der Waals surface area (Å²) in [5.74, 6) is 1.56. The maximum atomic E-state index is 6.34. The zero-order valence-corrected chi connectivity index (χ0v) is 24.7. The SMILES string of the molecule is Clc1ccc(NC(=NCCCNc2ccnc3cc(Cl)ccc23)Nc2ccccc2Oc2cc(Cl)ccc2Cl)cc1. The van der Waals surface area contributed by atoms with Crippen molar-refractivity contribution in [2.24, 2.45) is 4.99 Å². The summed E-state index contributed by atoms with van der Waals surface area (Å²) >= 11 is 24.7. The van der Waals surface area contributed by atoms with E-state index in [1.807, 2.05) is 72.8 Å². The van der Waals surface area contributed by atoms with Gasteiger partial charge < -0.3 is 20.7 Å². The number of anilines is 3. The van der Waals surface area contributed by atoms with E-state index in [1.165, 1.54) is 0 Å². The van der Waals surface area contributed by atoms with Gasteiger partial charge in [-0.3, -0.25) is 9.98 Å². The molecule has 41 heavy (non-hydrogen) atoms. The number of hydrogen-bond acceptors (Lipinski definition) is 4. The molecule has 0 aliphatic carbocycles. The quantitative estimate of drug-likeness (QED) is 0.0864. The van der Waals surface area contributed by atoms with E-state index in [2.05, 4.69) is 20.9 Å². The smallest absolute Gasteiger partial charge is 0.200 e. The molecule has 0 saturated carbocycles. The first-order chi connectivity index (χ1) is 19.9. The van der Waals surface area contributed by atoms with E-state index >= 15 is 0 Å². The topological polar surface area (TPSA) is 70.6 Å². The van der Waals surface area contributed by atoms with Crippen molar-refractivity contribution < 1.29 is 4.74 Å². The van der Waals surface area contributed by atoms with Crippen LogP contribution in [0.15, 0.2) is 102 Å². The summed E-state index contributed by atoms with van der Waals surface area (Å²) in [4.78, 5) is 9.21. The van der Waals surface area contributed by atoms with Gasteiger partial charge in [0.2, 0.25) is 0 Å². The Balaban J connectivity index is 1.30. The molecule has 0 amide bonds. The highest BCUT2D eigenvalue weighted by molar-refractivity contribution is 6.34.